The fourth-order valence-corrected chi connectivity index (χ4v) is 4.22. The van der Waals surface area contributed by atoms with Crippen LogP contribution in [-0.4, -0.2) is 24.5 Å². The van der Waals surface area contributed by atoms with Gasteiger partial charge in [0.2, 0.25) is 0 Å². The lowest BCUT2D eigenvalue weighted by molar-refractivity contribution is 0.0702. The number of sulfonamides is 1. The molecule has 0 amide bonds. The van der Waals surface area contributed by atoms with Crippen LogP contribution >= 0.6 is 22.9 Å². The van der Waals surface area contributed by atoms with Crippen LogP contribution in [0.3, 0.4) is 0 Å². The number of thiophene rings is 1. The smallest absolute Gasteiger partial charge is 0.345 e. The number of carbonyl (C=O) groups is 1. The van der Waals surface area contributed by atoms with Crippen LogP contribution in [0, 0.1) is 6.92 Å². The van der Waals surface area contributed by atoms with E-state index in [9.17, 15) is 13.2 Å². The fourth-order valence-electron chi connectivity index (χ4n) is 1.50. The summed E-state index contributed by atoms with van der Waals surface area (Å²) in [7, 11) is -3.91. The zero-order valence-corrected chi connectivity index (χ0v) is 12.5. The molecule has 6 nitrogen and oxygen atoms in total. The van der Waals surface area contributed by atoms with Crippen molar-refractivity contribution in [2.75, 3.05) is 4.72 Å². The van der Waals surface area contributed by atoms with Gasteiger partial charge in [-0.1, -0.05) is 11.6 Å². The van der Waals surface area contributed by atoms with Gasteiger partial charge < -0.3 is 5.11 Å². The van der Waals surface area contributed by atoms with Crippen molar-refractivity contribution in [2.45, 2.75) is 11.8 Å². The van der Waals surface area contributed by atoms with Crippen molar-refractivity contribution in [3.63, 3.8) is 0 Å². The zero-order chi connectivity index (χ0) is 14.9. The molecule has 106 valence electrons. The molecule has 0 atom stereocenters. The number of pyridine rings is 1. The van der Waals surface area contributed by atoms with Crippen LogP contribution in [0.1, 0.15) is 14.5 Å². The van der Waals surface area contributed by atoms with Crippen LogP contribution < -0.4 is 4.72 Å². The van der Waals surface area contributed by atoms with Gasteiger partial charge in [0.15, 0.2) is 5.15 Å². The first kappa shape index (κ1) is 14.8. The maximum Gasteiger partial charge on any atom is 0.345 e. The molecule has 0 spiro atoms. The molecule has 2 aromatic heterocycles. The molecule has 0 saturated heterocycles. The van der Waals surface area contributed by atoms with Crippen molar-refractivity contribution in [3.05, 3.63) is 39.3 Å². The molecule has 20 heavy (non-hydrogen) atoms. The molecule has 0 bridgehead atoms. The molecular weight excluding hydrogens is 324 g/mol. The summed E-state index contributed by atoms with van der Waals surface area (Å²) in [5, 5.41) is 8.90. The lowest BCUT2D eigenvalue weighted by Gasteiger charge is -2.08. The highest BCUT2D eigenvalue weighted by Crippen LogP contribution is 2.28. The molecule has 0 saturated carbocycles. The van der Waals surface area contributed by atoms with E-state index in [1.165, 1.54) is 25.3 Å². The van der Waals surface area contributed by atoms with Crippen molar-refractivity contribution >= 4 is 44.6 Å². The first-order valence-corrected chi connectivity index (χ1v) is 7.96. The highest BCUT2D eigenvalue weighted by Gasteiger charge is 2.23. The zero-order valence-electron chi connectivity index (χ0n) is 10.1. The predicted octanol–water partition coefficient (Wildman–Crippen LogP) is 2.60. The van der Waals surface area contributed by atoms with E-state index in [0.717, 1.165) is 17.4 Å². The van der Waals surface area contributed by atoms with Crippen LogP contribution in [0.15, 0.2) is 29.3 Å². The Morgan fingerprint density at radius 3 is 2.75 bits per heavy atom. The van der Waals surface area contributed by atoms with E-state index in [-0.39, 0.29) is 20.6 Å². The monoisotopic (exact) mass is 332 g/mol. The summed E-state index contributed by atoms with van der Waals surface area (Å²) < 4.78 is 26.7. The average Bonchev–Trinajstić information content (AvgIpc) is 2.75. The second-order valence-electron chi connectivity index (χ2n) is 3.78. The van der Waals surface area contributed by atoms with Gasteiger partial charge in [-0.05, 0) is 25.1 Å². The topological polar surface area (TPSA) is 96.4 Å². The van der Waals surface area contributed by atoms with Gasteiger partial charge >= 0.3 is 5.97 Å². The van der Waals surface area contributed by atoms with Gasteiger partial charge in [0.05, 0.1) is 5.69 Å². The molecule has 0 radical (unpaired) electrons. The lowest BCUT2D eigenvalue weighted by Crippen LogP contribution is -2.13. The molecule has 0 fully saturated rings. The molecular formula is C11H9ClN2O4S2. The molecule has 9 heteroatoms. The van der Waals surface area contributed by atoms with Gasteiger partial charge in [-0.2, -0.15) is 0 Å². The Morgan fingerprint density at radius 2 is 2.20 bits per heavy atom. The number of aromatic carboxylic acids is 1. The summed E-state index contributed by atoms with van der Waals surface area (Å²) in [5.41, 5.74) is 0.136. The number of nitrogens with one attached hydrogen (secondary N) is 1. The third-order valence-electron chi connectivity index (χ3n) is 2.38. The molecule has 2 rings (SSSR count). The number of nitrogens with zero attached hydrogens (tertiary/aromatic N) is 1. The average molecular weight is 333 g/mol. The Balaban J connectivity index is 2.41. The van der Waals surface area contributed by atoms with Crippen molar-refractivity contribution in [3.8, 4) is 0 Å². The second kappa shape index (κ2) is 5.39. The van der Waals surface area contributed by atoms with E-state index in [4.69, 9.17) is 16.7 Å². The minimum Gasteiger partial charge on any atom is -0.477 e. The standard InChI is InChI=1S/C11H9ClN2O4S2/c1-6-9(5-8(19-6)11(15)16)20(17,18)14-7-3-2-4-13-10(7)12/h2-5,14H,1H3,(H,15,16). The quantitative estimate of drug-likeness (QED) is 0.839. The number of aromatic nitrogens is 1. The van der Waals surface area contributed by atoms with Crippen molar-refractivity contribution in [2.24, 2.45) is 0 Å². The minimum absolute atomic E-state index is 0.0161. The van der Waals surface area contributed by atoms with E-state index < -0.39 is 16.0 Å². The highest BCUT2D eigenvalue weighted by atomic mass is 35.5. The van der Waals surface area contributed by atoms with E-state index in [1.54, 1.807) is 0 Å². The van der Waals surface area contributed by atoms with Gasteiger partial charge in [-0.15, -0.1) is 11.3 Å². The third kappa shape index (κ3) is 2.92. The lowest BCUT2D eigenvalue weighted by atomic mass is 10.4. The van der Waals surface area contributed by atoms with E-state index in [0.29, 0.717) is 4.88 Å². The number of hydrogen-bond acceptors (Lipinski definition) is 5. The molecule has 2 heterocycles. The van der Waals surface area contributed by atoms with Crippen LogP contribution in [-0.2, 0) is 10.0 Å². The number of aryl methyl sites for hydroxylation is 1. The Hall–Kier alpha value is -1.64. The molecule has 0 aliphatic heterocycles. The number of hydrogen-bond donors (Lipinski definition) is 2. The van der Waals surface area contributed by atoms with Gasteiger partial charge in [0, 0.05) is 11.1 Å². The van der Waals surface area contributed by atoms with E-state index >= 15 is 0 Å². The number of anilines is 1. The van der Waals surface area contributed by atoms with Gasteiger partial charge in [-0.3, -0.25) is 4.72 Å². The van der Waals surface area contributed by atoms with Crippen molar-refractivity contribution in [1.82, 2.24) is 4.98 Å². The number of rotatable bonds is 4. The SMILES string of the molecule is Cc1sc(C(=O)O)cc1S(=O)(=O)Nc1cccnc1Cl. The van der Waals surface area contributed by atoms with Crippen molar-refractivity contribution < 1.29 is 18.3 Å². The second-order valence-corrected chi connectivity index (χ2v) is 7.05. The number of halogens is 1. The first-order valence-electron chi connectivity index (χ1n) is 5.28. The summed E-state index contributed by atoms with van der Waals surface area (Å²) in [6, 6.07) is 4.12. The fraction of sp³-hybridized carbons (Fsp3) is 0.0909. The first-order chi connectivity index (χ1) is 9.31. The molecule has 0 aromatic carbocycles. The maximum absolute atomic E-state index is 12.2. The maximum atomic E-state index is 12.2. The Labute approximate surface area is 124 Å². The Morgan fingerprint density at radius 1 is 1.50 bits per heavy atom. The predicted molar refractivity (Wildman–Crippen MR) is 76.1 cm³/mol. The van der Waals surface area contributed by atoms with Crippen molar-refractivity contribution in [1.29, 1.82) is 0 Å². The molecule has 0 aliphatic carbocycles. The number of carboxylic acid groups (broad SMARTS) is 1. The Kier molecular flexibility index (Phi) is 3.98. The van der Waals surface area contributed by atoms with Crippen LogP contribution in [0.5, 0.6) is 0 Å². The van der Waals surface area contributed by atoms with Gasteiger partial charge in [0.25, 0.3) is 10.0 Å². The molecule has 0 unspecified atom stereocenters. The molecule has 2 N–H and O–H groups in total. The summed E-state index contributed by atoms with van der Waals surface area (Å²) in [5.74, 6) is -1.17. The van der Waals surface area contributed by atoms with Crippen LogP contribution in [0.2, 0.25) is 5.15 Å². The summed E-state index contributed by atoms with van der Waals surface area (Å²) in [6.45, 7) is 1.54. The summed E-state index contributed by atoms with van der Waals surface area (Å²) >= 11 is 6.68. The number of carboxylic acids is 1. The van der Waals surface area contributed by atoms with Crippen LogP contribution in [0.4, 0.5) is 5.69 Å². The summed E-state index contributed by atoms with van der Waals surface area (Å²) in [4.78, 5) is 14.9. The normalized spacial score (nSPS) is 11.3. The third-order valence-corrected chi connectivity index (χ3v) is 5.34. The van der Waals surface area contributed by atoms with Gasteiger partial charge in [-0.25, -0.2) is 18.2 Å². The summed E-state index contributed by atoms with van der Waals surface area (Å²) in [6.07, 6.45) is 1.43. The molecule has 0 aliphatic rings. The van der Waals surface area contributed by atoms with Crippen LogP contribution in [0.25, 0.3) is 0 Å². The molecule has 2 aromatic rings. The van der Waals surface area contributed by atoms with E-state index in [2.05, 4.69) is 9.71 Å². The van der Waals surface area contributed by atoms with E-state index in [1.807, 2.05) is 0 Å². The highest BCUT2D eigenvalue weighted by molar-refractivity contribution is 7.93. The minimum atomic E-state index is -3.91. The largest absolute Gasteiger partial charge is 0.477 e. The Bertz CT molecular complexity index is 770. The van der Waals surface area contributed by atoms with Gasteiger partial charge in [0.1, 0.15) is 9.77 Å².